The van der Waals surface area contributed by atoms with E-state index in [1.165, 1.54) is 0 Å². The molecule has 0 saturated carbocycles. The molecule has 1 heterocycles. The lowest BCUT2D eigenvalue weighted by atomic mass is 10.1. The van der Waals surface area contributed by atoms with Crippen LogP contribution in [0.5, 0.6) is 0 Å². The summed E-state index contributed by atoms with van der Waals surface area (Å²) in [5, 5.41) is 1.12. The van der Waals surface area contributed by atoms with Crippen molar-refractivity contribution in [1.29, 1.82) is 0 Å². The van der Waals surface area contributed by atoms with E-state index < -0.39 is 0 Å². The van der Waals surface area contributed by atoms with E-state index in [1.807, 2.05) is 53.6 Å². The number of hydrogen-bond donors (Lipinski definition) is 2. The van der Waals surface area contributed by atoms with Gasteiger partial charge in [-0.15, -0.1) is 0 Å². The summed E-state index contributed by atoms with van der Waals surface area (Å²) in [4.78, 5) is 18.2. The second-order valence-corrected chi connectivity index (χ2v) is 7.63. The first kappa shape index (κ1) is 21.6. The van der Waals surface area contributed by atoms with Gasteiger partial charge in [0.05, 0.1) is 0 Å². The third-order valence-electron chi connectivity index (χ3n) is 5.12. The summed E-state index contributed by atoms with van der Waals surface area (Å²) in [7, 11) is 0. The van der Waals surface area contributed by atoms with E-state index in [-0.39, 0.29) is 5.91 Å². The van der Waals surface area contributed by atoms with Crippen LogP contribution in [0, 0.1) is 0 Å². The van der Waals surface area contributed by atoms with E-state index in [0.29, 0.717) is 13.1 Å². The Morgan fingerprint density at radius 3 is 2.60 bits per heavy atom. The smallest absolute Gasteiger partial charge is 0.246 e. The van der Waals surface area contributed by atoms with E-state index in [0.717, 1.165) is 53.4 Å². The van der Waals surface area contributed by atoms with Gasteiger partial charge in [0, 0.05) is 36.3 Å². The fourth-order valence-electron chi connectivity index (χ4n) is 3.57. The van der Waals surface area contributed by atoms with Crippen molar-refractivity contribution in [1.82, 2.24) is 9.88 Å². The van der Waals surface area contributed by atoms with Gasteiger partial charge in [-0.25, -0.2) is 0 Å². The summed E-state index contributed by atoms with van der Waals surface area (Å²) in [6, 6.07) is 18.3. The largest absolute Gasteiger partial charge is 0.361 e. The molecule has 3 rings (SSSR count). The summed E-state index contributed by atoms with van der Waals surface area (Å²) in [5.41, 5.74) is 10.0. The molecule has 2 aromatic carbocycles. The number of hydrogen-bond acceptors (Lipinski definition) is 2. The minimum absolute atomic E-state index is 0.0360. The van der Waals surface area contributed by atoms with Crippen molar-refractivity contribution in [3.63, 3.8) is 0 Å². The van der Waals surface area contributed by atoms with Crippen molar-refractivity contribution < 1.29 is 4.79 Å². The highest BCUT2D eigenvalue weighted by molar-refractivity contribution is 5.96. The molecule has 30 heavy (non-hydrogen) atoms. The average molecular weight is 402 g/mol. The molecular formula is C26H31N3O. The van der Waals surface area contributed by atoms with Crippen LogP contribution < -0.4 is 5.73 Å². The quantitative estimate of drug-likeness (QED) is 0.360. The van der Waals surface area contributed by atoms with Crippen LogP contribution in [0.2, 0.25) is 0 Å². The van der Waals surface area contributed by atoms with Gasteiger partial charge in [-0.1, -0.05) is 66.6 Å². The first-order valence-corrected chi connectivity index (χ1v) is 10.6. The monoisotopic (exact) mass is 401 g/mol. The number of carbonyl (C=O) groups excluding carboxylic acids is 1. The van der Waals surface area contributed by atoms with Crippen LogP contribution in [0.3, 0.4) is 0 Å². The summed E-state index contributed by atoms with van der Waals surface area (Å²) in [6.07, 6.45) is 10.7. The number of aromatic amines is 1. The minimum atomic E-state index is 0.0360. The molecule has 0 radical (unpaired) electrons. The van der Waals surface area contributed by atoms with Gasteiger partial charge in [0.15, 0.2) is 0 Å². The third kappa shape index (κ3) is 6.19. The van der Waals surface area contributed by atoms with E-state index >= 15 is 0 Å². The summed E-state index contributed by atoms with van der Waals surface area (Å²) in [6.45, 7) is 4.13. The Morgan fingerprint density at radius 2 is 1.80 bits per heavy atom. The molecule has 0 aliphatic rings. The van der Waals surface area contributed by atoms with Gasteiger partial charge in [-0.05, 0) is 49.6 Å². The molecule has 4 nitrogen and oxygen atoms in total. The number of fused-ring (bicyclic) bond motifs is 1. The van der Waals surface area contributed by atoms with Crippen molar-refractivity contribution in [3.05, 3.63) is 83.6 Å². The fourth-order valence-corrected chi connectivity index (χ4v) is 3.57. The summed E-state index contributed by atoms with van der Waals surface area (Å²) < 4.78 is 0. The van der Waals surface area contributed by atoms with Crippen LogP contribution in [0.15, 0.2) is 72.4 Å². The zero-order valence-corrected chi connectivity index (χ0v) is 17.7. The Hall–Kier alpha value is -3.11. The highest BCUT2D eigenvalue weighted by atomic mass is 16.2. The Morgan fingerprint density at radius 1 is 1.03 bits per heavy atom. The number of nitrogens with two attached hydrogens (primary N) is 1. The molecule has 0 bridgehead atoms. The molecule has 1 aromatic heterocycles. The van der Waals surface area contributed by atoms with Gasteiger partial charge < -0.3 is 15.6 Å². The molecule has 0 aliphatic carbocycles. The third-order valence-corrected chi connectivity index (χ3v) is 5.12. The first-order chi connectivity index (χ1) is 14.7. The van der Waals surface area contributed by atoms with E-state index in [4.69, 9.17) is 5.73 Å². The van der Waals surface area contributed by atoms with Gasteiger partial charge in [0.1, 0.15) is 0 Å². The highest BCUT2D eigenvalue weighted by Crippen LogP contribution is 2.19. The second kappa shape index (κ2) is 11.2. The van der Waals surface area contributed by atoms with Crippen molar-refractivity contribution in [3.8, 4) is 0 Å². The van der Waals surface area contributed by atoms with Crippen molar-refractivity contribution >= 4 is 29.0 Å². The van der Waals surface area contributed by atoms with Crippen LogP contribution in [0.4, 0.5) is 0 Å². The van der Waals surface area contributed by atoms with E-state index in [1.54, 1.807) is 6.08 Å². The first-order valence-electron chi connectivity index (χ1n) is 10.6. The number of rotatable bonds is 10. The number of nitrogens with one attached hydrogen (secondary N) is 1. The Labute approximate surface area is 179 Å². The second-order valence-electron chi connectivity index (χ2n) is 7.63. The highest BCUT2D eigenvalue weighted by Gasteiger charge is 2.11. The Bertz CT molecular complexity index is 1000. The predicted octanol–water partition coefficient (Wildman–Crippen LogP) is 5.24. The minimum Gasteiger partial charge on any atom is -0.361 e. The SMILES string of the molecule is C/C(=C\c1ccccc1)CN(CCCCCN)C(=O)/C=C/c1c[nH]c2ccccc12. The summed E-state index contributed by atoms with van der Waals surface area (Å²) >= 11 is 0. The summed E-state index contributed by atoms with van der Waals surface area (Å²) in [5.74, 6) is 0.0360. The number of carbonyl (C=O) groups is 1. The Balaban J connectivity index is 1.71. The van der Waals surface area contributed by atoms with E-state index in [9.17, 15) is 4.79 Å². The molecule has 0 unspecified atom stereocenters. The molecule has 0 fully saturated rings. The van der Waals surface area contributed by atoms with Gasteiger partial charge in [-0.2, -0.15) is 0 Å². The number of benzene rings is 2. The molecule has 0 atom stereocenters. The maximum absolute atomic E-state index is 13.0. The number of aromatic nitrogens is 1. The molecule has 4 heteroatoms. The molecule has 3 N–H and O–H groups in total. The van der Waals surface area contributed by atoms with Crippen LogP contribution in [0.25, 0.3) is 23.1 Å². The maximum Gasteiger partial charge on any atom is 0.246 e. The van der Waals surface area contributed by atoms with Crippen molar-refractivity contribution in [2.24, 2.45) is 5.73 Å². The van der Waals surface area contributed by atoms with Crippen molar-refractivity contribution in [2.45, 2.75) is 26.2 Å². The number of unbranched alkanes of at least 4 members (excludes halogenated alkanes) is 2. The van der Waals surface area contributed by atoms with Crippen LogP contribution in [-0.4, -0.2) is 35.4 Å². The molecule has 0 saturated heterocycles. The van der Waals surface area contributed by atoms with E-state index in [2.05, 4.69) is 36.2 Å². The molecule has 0 aliphatic heterocycles. The van der Waals surface area contributed by atoms with Crippen LogP contribution in [0.1, 0.15) is 37.3 Å². The topological polar surface area (TPSA) is 62.1 Å². The molecule has 3 aromatic rings. The molecule has 0 spiro atoms. The standard InChI is InChI=1S/C26H31N3O/c1-21(18-22-10-4-2-5-11-22)20-29(17-9-3-8-16-27)26(30)15-14-23-19-28-25-13-7-6-12-24(23)25/h2,4-7,10-15,18-19,28H,3,8-9,16-17,20,27H2,1H3/b15-14+,21-18+. The van der Waals surface area contributed by atoms with Gasteiger partial charge >= 0.3 is 0 Å². The number of nitrogens with zero attached hydrogens (tertiary/aromatic N) is 1. The van der Waals surface area contributed by atoms with Gasteiger partial charge in [0.25, 0.3) is 0 Å². The maximum atomic E-state index is 13.0. The Kier molecular flexibility index (Phi) is 8.04. The number of amides is 1. The lowest BCUT2D eigenvalue weighted by Crippen LogP contribution is -2.32. The normalized spacial score (nSPS) is 12.0. The molecule has 1 amide bonds. The lowest BCUT2D eigenvalue weighted by molar-refractivity contribution is -0.125. The molecular weight excluding hydrogens is 370 g/mol. The fraction of sp³-hybridized carbons (Fsp3) is 0.269. The number of para-hydroxylation sites is 1. The zero-order valence-electron chi connectivity index (χ0n) is 17.7. The number of H-pyrrole nitrogens is 1. The van der Waals surface area contributed by atoms with Crippen LogP contribution in [-0.2, 0) is 4.79 Å². The molecule has 156 valence electrons. The van der Waals surface area contributed by atoms with Gasteiger partial charge in [-0.3, -0.25) is 4.79 Å². The van der Waals surface area contributed by atoms with Gasteiger partial charge in [0.2, 0.25) is 5.91 Å². The predicted molar refractivity (Wildman–Crippen MR) is 127 cm³/mol. The lowest BCUT2D eigenvalue weighted by Gasteiger charge is -2.22. The van der Waals surface area contributed by atoms with Crippen molar-refractivity contribution in [2.75, 3.05) is 19.6 Å². The van der Waals surface area contributed by atoms with Crippen LogP contribution >= 0.6 is 0 Å². The average Bonchev–Trinajstić information content (AvgIpc) is 3.18. The zero-order chi connectivity index (χ0) is 21.2.